The van der Waals surface area contributed by atoms with Crippen molar-refractivity contribution in [3.8, 4) is 0 Å². The van der Waals surface area contributed by atoms with Gasteiger partial charge < -0.3 is 9.30 Å². The van der Waals surface area contributed by atoms with E-state index in [1.54, 1.807) is 12.5 Å². The highest BCUT2D eigenvalue weighted by atomic mass is 32.2. The smallest absolute Gasteiger partial charge is 0.243 e. The Morgan fingerprint density at radius 2 is 2.08 bits per heavy atom. The Bertz CT molecular complexity index is 823. The fourth-order valence-electron chi connectivity index (χ4n) is 3.55. The molecule has 2 fully saturated rings. The summed E-state index contributed by atoms with van der Waals surface area (Å²) in [6, 6.07) is 5.12. The number of nitrogens with zero attached hydrogens (tertiary/aromatic N) is 3. The third-order valence-corrected chi connectivity index (χ3v) is 6.73. The Labute approximate surface area is 139 Å². The van der Waals surface area contributed by atoms with Gasteiger partial charge in [-0.1, -0.05) is 0 Å². The summed E-state index contributed by atoms with van der Waals surface area (Å²) < 4.78 is 47.9. The fraction of sp³-hybridized carbons (Fsp3) is 0.438. The van der Waals surface area contributed by atoms with Crippen LogP contribution in [0.1, 0.15) is 18.9 Å². The molecule has 0 radical (unpaired) electrons. The summed E-state index contributed by atoms with van der Waals surface area (Å²) in [6.07, 6.45) is 6.81. The maximum atomic E-state index is 13.0. The predicted octanol–water partition coefficient (Wildman–Crippen LogP) is 1.82. The summed E-state index contributed by atoms with van der Waals surface area (Å²) in [5.74, 6) is -0.450. The summed E-state index contributed by atoms with van der Waals surface area (Å²) in [4.78, 5) is 4.17. The second-order valence-electron chi connectivity index (χ2n) is 6.40. The Hall–Kier alpha value is -1.77. The zero-order chi connectivity index (χ0) is 16.8. The number of rotatable bonds is 3. The van der Waals surface area contributed by atoms with Crippen LogP contribution in [0, 0.1) is 5.82 Å². The van der Waals surface area contributed by atoms with Gasteiger partial charge in [0, 0.05) is 31.9 Å². The van der Waals surface area contributed by atoms with Crippen molar-refractivity contribution >= 4 is 10.0 Å². The molecule has 0 amide bonds. The van der Waals surface area contributed by atoms with Crippen molar-refractivity contribution in [3.05, 3.63) is 48.8 Å². The molecule has 1 aromatic carbocycles. The fourth-order valence-corrected chi connectivity index (χ4v) is 5.07. The maximum Gasteiger partial charge on any atom is 0.243 e. The van der Waals surface area contributed by atoms with Crippen LogP contribution in [0.4, 0.5) is 4.39 Å². The average molecular weight is 351 g/mol. The lowest BCUT2D eigenvalue weighted by molar-refractivity contribution is 0.0165. The molecule has 0 N–H and O–H groups in total. The van der Waals surface area contributed by atoms with Crippen LogP contribution in [0.2, 0.25) is 0 Å². The highest BCUT2D eigenvalue weighted by molar-refractivity contribution is 7.89. The van der Waals surface area contributed by atoms with Gasteiger partial charge in [0.1, 0.15) is 5.82 Å². The first kappa shape index (κ1) is 15.7. The van der Waals surface area contributed by atoms with Gasteiger partial charge in [-0.15, -0.1) is 0 Å². The molecule has 2 aliphatic rings. The number of hydrogen-bond donors (Lipinski definition) is 0. The third-order valence-electron chi connectivity index (χ3n) is 4.87. The summed E-state index contributed by atoms with van der Waals surface area (Å²) in [6.45, 7) is 1.30. The molecule has 3 heterocycles. The van der Waals surface area contributed by atoms with Gasteiger partial charge in [-0.2, -0.15) is 4.31 Å². The number of halogens is 1. The van der Waals surface area contributed by atoms with Crippen molar-refractivity contribution in [1.29, 1.82) is 0 Å². The monoisotopic (exact) mass is 351 g/mol. The molecule has 1 spiro atoms. The van der Waals surface area contributed by atoms with Crippen LogP contribution in [-0.4, -0.2) is 47.6 Å². The van der Waals surface area contributed by atoms with Gasteiger partial charge in [0.25, 0.3) is 0 Å². The molecule has 128 valence electrons. The number of hydrogen-bond acceptors (Lipinski definition) is 4. The van der Waals surface area contributed by atoms with E-state index in [2.05, 4.69) is 4.98 Å². The summed E-state index contributed by atoms with van der Waals surface area (Å²) >= 11 is 0. The first-order valence-electron chi connectivity index (χ1n) is 7.86. The molecule has 2 atom stereocenters. The number of benzene rings is 1. The van der Waals surface area contributed by atoms with Gasteiger partial charge in [-0.3, -0.25) is 0 Å². The van der Waals surface area contributed by atoms with Crippen molar-refractivity contribution in [2.45, 2.75) is 29.4 Å². The third kappa shape index (κ3) is 2.64. The summed E-state index contributed by atoms with van der Waals surface area (Å²) in [5.41, 5.74) is -0.442. The van der Waals surface area contributed by atoms with Gasteiger partial charge in [0.05, 0.1) is 29.5 Å². The van der Waals surface area contributed by atoms with E-state index in [0.717, 1.165) is 6.42 Å². The van der Waals surface area contributed by atoms with E-state index >= 15 is 0 Å². The lowest BCUT2D eigenvalue weighted by Crippen LogP contribution is -2.35. The molecule has 1 aromatic heterocycles. The van der Waals surface area contributed by atoms with Crippen LogP contribution < -0.4 is 0 Å². The Balaban J connectivity index is 1.51. The molecule has 0 saturated carbocycles. The molecule has 2 saturated heterocycles. The molecule has 0 unspecified atom stereocenters. The molecule has 2 aromatic rings. The van der Waals surface area contributed by atoms with Gasteiger partial charge in [0.15, 0.2) is 0 Å². The van der Waals surface area contributed by atoms with Crippen molar-refractivity contribution in [1.82, 2.24) is 13.9 Å². The van der Waals surface area contributed by atoms with Crippen molar-refractivity contribution in [2.24, 2.45) is 0 Å². The largest absolute Gasteiger partial charge is 0.371 e. The minimum atomic E-state index is -3.62. The van der Waals surface area contributed by atoms with E-state index in [1.165, 1.54) is 28.6 Å². The SMILES string of the molecule is O=S(=O)(c1ccc(F)cc1)N1CC[C@]2(C[C@@H](n3ccnc3)CO2)C1. The Morgan fingerprint density at radius 3 is 2.79 bits per heavy atom. The standard InChI is InChI=1S/C16H18FN3O3S/c17-13-1-3-15(4-2-13)24(21,22)20-7-5-16(11-20)9-14(10-23-16)19-8-6-18-12-19/h1-4,6,8,12,14H,5,7,9-11H2/t14-,16+/m1/s1. The normalized spacial score (nSPS) is 28.0. The van der Waals surface area contributed by atoms with Crippen molar-refractivity contribution < 1.29 is 17.5 Å². The quantitative estimate of drug-likeness (QED) is 0.846. The van der Waals surface area contributed by atoms with E-state index in [4.69, 9.17) is 4.74 Å². The maximum absolute atomic E-state index is 13.0. The van der Waals surface area contributed by atoms with Gasteiger partial charge >= 0.3 is 0 Å². The van der Waals surface area contributed by atoms with E-state index in [0.29, 0.717) is 26.1 Å². The van der Waals surface area contributed by atoms with E-state index < -0.39 is 21.4 Å². The lowest BCUT2D eigenvalue weighted by atomic mass is 9.97. The molecule has 8 heteroatoms. The van der Waals surface area contributed by atoms with Crippen molar-refractivity contribution in [2.75, 3.05) is 19.7 Å². The molecule has 0 bridgehead atoms. The van der Waals surface area contributed by atoms with Crippen LogP contribution in [0.3, 0.4) is 0 Å². The molecule has 0 aliphatic carbocycles. The van der Waals surface area contributed by atoms with Gasteiger partial charge in [0.2, 0.25) is 10.0 Å². The molecular formula is C16H18FN3O3S. The van der Waals surface area contributed by atoms with E-state index in [9.17, 15) is 12.8 Å². The second kappa shape index (κ2) is 5.65. The van der Waals surface area contributed by atoms with Crippen LogP contribution >= 0.6 is 0 Å². The first-order chi connectivity index (χ1) is 11.5. The van der Waals surface area contributed by atoms with Crippen LogP contribution in [0.15, 0.2) is 47.9 Å². The molecule has 2 aliphatic heterocycles. The summed E-state index contributed by atoms with van der Waals surface area (Å²) in [5, 5.41) is 0. The molecule has 6 nitrogen and oxygen atoms in total. The molecule has 4 rings (SSSR count). The van der Waals surface area contributed by atoms with Crippen LogP contribution in [-0.2, 0) is 14.8 Å². The predicted molar refractivity (Wildman–Crippen MR) is 84.3 cm³/mol. The van der Waals surface area contributed by atoms with Gasteiger partial charge in [-0.25, -0.2) is 17.8 Å². The Morgan fingerprint density at radius 1 is 1.29 bits per heavy atom. The Kier molecular flexibility index (Phi) is 3.70. The highest BCUT2D eigenvalue weighted by Crippen LogP contribution is 2.41. The topological polar surface area (TPSA) is 64.4 Å². The zero-order valence-electron chi connectivity index (χ0n) is 13.0. The number of aromatic nitrogens is 2. The van der Waals surface area contributed by atoms with E-state index in [-0.39, 0.29) is 10.9 Å². The second-order valence-corrected chi connectivity index (χ2v) is 8.34. The average Bonchev–Trinajstić information content (AvgIpc) is 3.30. The van der Waals surface area contributed by atoms with Crippen LogP contribution in [0.25, 0.3) is 0 Å². The highest BCUT2D eigenvalue weighted by Gasteiger charge is 2.49. The number of imidazole rings is 1. The molecule has 24 heavy (non-hydrogen) atoms. The van der Waals surface area contributed by atoms with E-state index in [1.807, 2.05) is 10.8 Å². The lowest BCUT2D eigenvalue weighted by Gasteiger charge is -2.23. The minimum Gasteiger partial charge on any atom is -0.371 e. The van der Waals surface area contributed by atoms with Gasteiger partial charge in [-0.05, 0) is 30.7 Å². The minimum absolute atomic E-state index is 0.116. The zero-order valence-corrected chi connectivity index (χ0v) is 13.8. The van der Waals surface area contributed by atoms with Crippen molar-refractivity contribution in [3.63, 3.8) is 0 Å². The number of ether oxygens (including phenoxy) is 1. The molecular weight excluding hydrogens is 333 g/mol. The first-order valence-corrected chi connectivity index (χ1v) is 9.30. The van der Waals surface area contributed by atoms with Crippen LogP contribution in [0.5, 0.6) is 0 Å². The summed E-state index contributed by atoms with van der Waals surface area (Å²) in [7, 11) is -3.62. The number of sulfonamides is 1.